The Morgan fingerprint density at radius 1 is 1.00 bits per heavy atom. The second kappa shape index (κ2) is 5.24. The molecule has 2 rings (SSSR count). The fourth-order valence-corrected chi connectivity index (χ4v) is 1.86. The predicted molar refractivity (Wildman–Crippen MR) is 75.3 cm³/mol. The summed E-state index contributed by atoms with van der Waals surface area (Å²) in [7, 11) is 0. The predicted octanol–water partition coefficient (Wildman–Crippen LogP) is 2.79. The zero-order chi connectivity index (χ0) is 14.0. The minimum atomic E-state index is 0.514. The molecule has 0 unspecified atom stereocenters. The average Bonchev–Trinajstić information content (AvgIpc) is 2.41. The van der Waals surface area contributed by atoms with Crippen molar-refractivity contribution >= 4 is 5.82 Å². The first-order chi connectivity index (χ1) is 9.04. The summed E-state index contributed by atoms with van der Waals surface area (Å²) in [5.74, 6) is 7.32. The summed E-state index contributed by atoms with van der Waals surface area (Å²) in [5.41, 5.74) is 6.68. The minimum absolute atomic E-state index is 0.514. The van der Waals surface area contributed by atoms with E-state index in [1.165, 1.54) is 11.9 Å². The number of benzene rings is 1. The van der Waals surface area contributed by atoms with Gasteiger partial charge in [0.1, 0.15) is 17.9 Å². The first-order valence-electron chi connectivity index (χ1n) is 6.07. The molecule has 0 amide bonds. The van der Waals surface area contributed by atoms with Crippen molar-refractivity contribution in [3.63, 3.8) is 0 Å². The van der Waals surface area contributed by atoms with E-state index in [1.807, 2.05) is 26.8 Å². The number of aromatic nitrogens is 2. The van der Waals surface area contributed by atoms with Crippen LogP contribution < -0.4 is 16.0 Å². The molecule has 0 saturated carbocycles. The molecule has 5 heteroatoms. The number of rotatable bonds is 3. The fourth-order valence-electron chi connectivity index (χ4n) is 1.86. The van der Waals surface area contributed by atoms with Gasteiger partial charge in [-0.05, 0) is 44.4 Å². The van der Waals surface area contributed by atoms with Crippen LogP contribution >= 0.6 is 0 Å². The quantitative estimate of drug-likeness (QED) is 0.654. The van der Waals surface area contributed by atoms with Crippen molar-refractivity contribution in [2.75, 3.05) is 5.43 Å². The highest BCUT2D eigenvalue weighted by atomic mass is 16.5. The van der Waals surface area contributed by atoms with Crippen LogP contribution in [0.5, 0.6) is 11.6 Å². The lowest BCUT2D eigenvalue weighted by atomic mass is 10.1. The van der Waals surface area contributed by atoms with Gasteiger partial charge in [0.25, 0.3) is 0 Å². The number of nitrogens with zero attached hydrogens (tertiary/aromatic N) is 2. The zero-order valence-electron chi connectivity index (χ0n) is 11.6. The van der Waals surface area contributed by atoms with E-state index in [-0.39, 0.29) is 0 Å². The number of nitrogens with two attached hydrogens (primary N) is 1. The highest BCUT2D eigenvalue weighted by Crippen LogP contribution is 2.32. The summed E-state index contributed by atoms with van der Waals surface area (Å²) in [6.45, 7) is 7.98. The summed E-state index contributed by atoms with van der Waals surface area (Å²) >= 11 is 0. The minimum Gasteiger partial charge on any atom is -0.438 e. The van der Waals surface area contributed by atoms with Crippen LogP contribution in [0.1, 0.15) is 22.3 Å². The van der Waals surface area contributed by atoms with E-state index in [4.69, 9.17) is 10.6 Å². The number of hydrazine groups is 1. The largest absolute Gasteiger partial charge is 0.438 e. The van der Waals surface area contributed by atoms with Crippen LogP contribution in [0.3, 0.4) is 0 Å². The van der Waals surface area contributed by atoms with Crippen LogP contribution in [0.2, 0.25) is 0 Å². The number of hydrogen-bond acceptors (Lipinski definition) is 5. The van der Waals surface area contributed by atoms with Crippen molar-refractivity contribution in [1.82, 2.24) is 9.97 Å². The molecule has 1 aromatic carbocycles. The molecule has 0 spiro atoms. The number of nitrogen functional groups attached to an aromatic ring is 1. The molecule has 0 fully saturated rings. The van der Waals surface area contributed by atoms with Gasteiger partial charge in [0.05, 0.1) is 5.56 Å². The monoisotopic (exact) mass is 258 g/mol. The third kappa shape index (κ3) is 2.51. The second-order valence-corrected chi connectivity index (χ2v) is 4.55. The van der Waals surface area contributed by atoms with E-state index in [9.17, 15) is 0 Å². The van der Waals surface area contributed by atoms with Crippen molar-refractivity contribution in [1.29, 1.82) is 0 Å². The molecular formula is C14H18N4O. The molecule has 0 aliphatic heterocycles. The third-order valence-electron chi connectivity index (χ3n) is 3.25. The molecule has 100 valence electrons. The van der Waals surface area contributed by atoms with Crippen molar-refractivity contribution in [3.8, 4) is 11.6 Å². The summed E-state index contributed by atoms with van der Waals surface area (Å²) < 4.78 is 5.95. The topological polar surface area (TPSA) is 73.1 Å². The number of hydrogen-bond donors (Lipinski definition) is 2. The Hall–Kier alpha value is -2.14. The molecule has 1 aromatic heterocycles. The standard InChI is InChI=1S/C14H18N4O/c1-8-5-6-9(2)12(10(8)3)19-14-11(4)13(18-15)16-7-17-14/h5-7H,15H2,1-4H3,(H,16,17,18). The zero-order valence-corrected chi connectivity index (χ0v) is 11.6. The van der Waals surface area contributed by atoms with Crippen LogP contribution in [-0.4, -0.2) is 9.97 Å². The molecule has 0 aliphatic rings. The fraction of sp³-hybridized carbons (Fsp3) is 0.286. The highest BCUT2D eigenvalue weighted by Gasteiger charge is 2.12. The number of aryl methyl sites for hydroxylation is 2. The summed E-state index contributed by atoms with van der Waals surface area (Å²) in [4.78, 5) is 8.20. The van der Waals surface area contributed by atoms with E-state index >= 15 is 0 Å². The van der Waals surface area contributed by atoms with Crippen LogP contribution in [0.25, 0.3) is 0 Å². The number of nitrogens with one attached hydrogen (secondary N) is 1. The van der Waals surface area contributed by atoms with Crippen LogP contribution in [-0.2, 0) is 0 Å². The van der Waals surface area contributed by atoms with Crippen molar-refractivity contribution in [3.05, 3.63) is 40.7 Å². The third-order valence-corrected chi connectivity index (χ3v) is 3.25. The molecule has 0 atom stereocenters. The van der Waals surface area contributed by atoms with Gasteiger partial charge < -0.3 is 10.2 Å². The summed E-state index contributed by atoms with van der Waals surface area (Å²) in [6, 6.07) is 4.12. The van der Waals surface area contributed by atoms with Crippen molar-refractivity contribution in [2.24, 2.45) is 5.84 Å². The lowest BCUT2D eigenvalue weighted by Crippen LogP contribution is -2.11. The van der Waals surface area contributed by atoms with Gasteiger partial charge in [0, 0.05) is 0 Å². The Morgan fingerprint density at radius 2 is 1.68 bits per heavy atom. The molecule has 0 radical (unpaired) electrons. The smallest absolute Gasteiger partial charge is 0.227 e. The van der Waals surface area contributed by atoms with Gasteiger partial charge in [-0.2, -0.15) is 0 Å². The van der Waals surface area contributed by atoms with Gasteiger partial charge in [-0.25, -0.2) is 15.8 Å². The molecule has 1 heterocycles. The van der Waals surface area contributed by atoms with Crippen LogP contribution in [0.15, 0.2) is 18.5 Å². The van der Waals surface area contributed by atoms with E-state index in [2.05, 4.69) is 28.4 Å². The lowest BCUT2D eigenvalue weighted by molar-refractivity contribution is 0.450. The van der Waals surface area contributed by atoms with Crippen LogP contribution in [0.4, 0.5) is 5.82 Å². The Balaban J connectivity index is 2.45. The normalized spacial score (nSPS) is 10.4. The second-order valence-electron chi connectivity index (χ2n) is 4.55. The van der Waals surface area contributed by atoms with Gasteiger partial charge >= 0.3 is 0 Å². The van der Waals surface area contributed by atoms with E-state index < -0.39 is 0 Å². The Kier molecular flexibility index (Phi) is 3.66. The molecule has 0 aliphatic carbocycles. The summed E-state index contributed by atoms with van der Waals surface area (Å²) in [6.07, 6.45) is 1.43. The lowest BCUT2D eigenvalue weighted by Gasteiger charge is -2.15. The first kappa shape index (κ1) is 13.3. The van der Waals surface area contributed by atoms with Crippen molar-refractivity contribution in [2.45, 2.75) is 27.7 Å². The molecule has 19 heavy (non-hydrogen) atoms. The molecule has 0 bridgehead atoms. The van der Waals surface area contributed by atoms with Gasteiger partial charge in [-0.3, -0.25) is 0 Å². The number of ether oxygens (including phenoxy) is 1. The van der Waals surface area contributed by atoms with Crippen LogP contribution in [0, 0.1) is 27.7 Å². The maximum absolute atomic E-state index is 5.95. The Morgan fingerprint density at radius 3 is 2.37 bits per heavy atom. The molecule has 2 aromatic rings. The van der Waals surface area contributed by atoms with Gasteiger partial charge in [-0.15, -0.1) is 0 Å². The highest BCUT2D eigenvalue weighted by molar-refractivity contribution is 5.51. The molecular weight excluding hydrogens is 240 g/mol. The maximum Gasteiger partial charge on any atom is 0.227 e. The Labute approximate surface area is 112 Å². The van der Waals surface area contributed by atoms with E-state index in [0.717, 1.165) is 22.4 Å². The molecule has 3 N–H and O–H groups in total. The molecule has 5 nitrogen and oxygen atoms in total. The Bertz CT molecular complexity index is 611. The first-order valence-corrected chi connectivity index (χ1v) is 6.07. The average molecular weight is 258 g/mol. The van der Waals surface area contributed by atoms with Gasteiger partial charge in [0.15, 0.2) is 0 Å². The van der Waals surface area contributed by atoms with Gasteiger partial charge in [-0.1, -0.05) is 12.1 Å². The van der Waals surface area contributed by atoms with E-state index in [0.29, 0.717) is 11.7 Å². The maximum atomic E-state index is 5.95. The summed E-state index contributed by atoms with van der Waals surface area (Å²) in [5, 5.41) is 0. The number of anilines is 1. The molecule has 0 saturated heterocycles. The van der Waals surface area contributed by atoms with Crippen molar-refractivity contribution < 1.29 is 4.74 Å². The van der Waals surface area contributed by atoms with E-state index in [1.54, 1.807) is 0 Å². The van der Waals surface area contributed by atoms with Gasteiger partial charge in [0.2, 0.25) is 5.88 Å². The SMILES string of the molecule is Cc1ccc(C)c(Oc2ncnc(NN)c2C)c1C.